The fraction of sp³-hybridized carbons (Fsp3) is 0.125. The molecule has 1 heterocycles. The van der Waals surface area contributed by atoms with Crippen molar-refractivity contribution in [2.75, 3.05) is 5.32 Å². The molecule has 2 amide bonds. The smallest absolute Gasteiger partial charge is 0.255 e. The van der Waals surface area contributed by atoms with Gasteiger partial charge in [0.2, 0.25) is 5.91 Å². The molecule has 3 rings (SSSR count). The van der Waals surface area contributed by atoms with Crippen LogP contribution < -0.4 is 10.6 Å². The Morgan fingerprint density at radius 1 is 1.14 bits per heavy atom. The zero-order valence-corrected chi connectivity index (χ0v) is 11.9. The first-order valence-corrected chi connectivity index (χ1v) is 6.95. The normalized spacial score (nSPS) is 13.3. The van der Waals surface area contributed by atoms with Crippen molar-refractivity contribution >= 4 is 29.1 Å². The summed E-state index contributed by atoms with van der Waals surface area (Å²) in [5.41, 5.74) is 3.24. The number of carbonyl (C=O) groups is 2. The predicted octanol–water partition coefficient (Wildman–Crippen LogP) is 2.76. The molecule has 0 bridgehead atoms. The van der Waals surface area contributed by atoms with Crippen LogP contribution in [0.15, 0.2) is 42.5 Å². The number of hydrogen-bond donors (Lipinski definition) is 2. The molecule has 21 heavy (non-hydrogen) atoms. The quantitative estimate of drug-likeness (QED) is 0.896. The molecule has 0 aromatic heterocycles. The Labute approximate surface area is 127 Å². The maximum Gasteiger partial charge on any atom is 0.255 e. The third-order valence-corrected chi connectivity index (χ3v) is 3.61. The Kier molecular flexibility index (Phi) is 3.62. The van der Waals surface area contributed by atoms with Gasteiger partial charge in [-0.25, -0.2) is 0 Å². The third-order valence-electron chi connectivity index (χ3n) is 3.38. The average molecular weight is 301 g/mol. The second-order valence-corrected chi connectivity index (χ2v) is 5.34. The molecular weight excluding hydrogens is 288 g/mol. The van der Waals surface area contributed by atoms with Gasteiger partial charge in [-0.05, 0) is 41.5 Å². The summed E-state index contributed by atoms with van der Waals surface area (Å²) in [6.07, 6.45) is 0.387. The van der Waals surface area contributed by atoms with Gasteiger partial charge in [0.1, 0.15) is 0 Å². The molecule has 1 aliphatic rings. The number of hydrogen-bond acceptors (Lipinski definition) is 2. The van der Waals surface area contributed by atoms with Gasteiger partial charge in [-0.15, -0.1) is 0 Å². The Bertz CT molecular complexity index is 728. The van der Waals surface area contributed by atoms with Crippen molar-refractivity contribution in [2.24, 2.45) is 0 Å². The molecule has 0 spiro atoms. The number of halogens is 1. The van der Waals surface area contributed by atoms with Crippen LogP contribution in [-0.4, -0.2) is 11.8 Å². The van der Waals surface area contributed by atoms with E-state index in [1.165, 1.54) is 0 Å². The van der Waals surface area contributed by atoms with Crippen LogP contribution in [0.25, 0.3) is 0 Å². The van der Waals surface area contributed by atoms with E-state index in [2.05, 4.69) is 10.6 Å². The highest BCUT2D eigenvalue weighted by molar-refractivity contribution is 6.31. The molecule has 1 aliphatic heterocycles. The Morgan fingerprint density at radius 2 is 2.00 bits per heavy atom. The molecular formula is C16H13ClN2O2. The minimum absolute atomic E-state index is 0.0261. The van der Waals surface area contributed by atoms with Crippen molar-refractivity contribution < 1.29 is 9.59 Å². The summed E-state index contributed by atoms with van der Waals surface area (Å²) in [6, 6.07) is 12.4. The van der Waals surface area contributed by atoms with Crippen LogP contribution in [0.5, 0.6) is 0 Å². The van der Waals surface area contributed by atoms with Gasteiger partial charge >= 0.3 is 0 Å². The summed E-state index contributed by atoms with van der Waals surface area (Å²) < 4.78 is 0. The maximum absolute atomic E-state index is 12.1. The highest BCUT2D eigenvalue weighted by atomic mass is 35.5. The van der Waals surface area contributed by atoms with E-state index < -0.39 is 0 Å². The second kappa shape index (κ2) is 5.58. The van der Waals surface area contributed by atoms with Crippen LogP contribution in [0.1, 0.15) is 21.5 Å². The minimum Gasteiger partial charge on any atom is -0.352 e. The maximum atomic E-state index is 12.1. The molecule has 0 aliphatic carbocycles. The Morgan fingerprint density at radius 3 is 2.81 bits per heavy atom. The highest BCUT2D eigenvalue weighted by Crippen LogP contribution is 2.20. The number of fused-ring (bicyclic) bond motifs is 1. The molecule has 2 aromatic carbocycles. The molecule has 5 heteroatoms. The van der Waals surface area contributed by atoms with Crippen molar-refractivity contribution in [1.82, 2.24) is 5.32 Å². The molecule has 0 saturated carbocycles. The Balaban J connectivity index is 1.79. The van der Waals surface area contributed by atoms with E-state index in [0.29, 0.717) is 29.2 Å². The predicted molar refractivity (Wildman–Crippen MR) is 81.4 cm³/mol. The average Bonchev–Trinajstić information content (AvgIpc) is 2.47. The van der Waals surface area contributed by atoms with Gasteiger partial charge < -0.3 is 10.6 Å². The van der Waals surface area contributed by atoms with Crippen LogP contribution >= 0.6 is 11.6 Å². The monoisotopic (exact) mass is 300 g/mol. The number of nitrogens with one attached hydrogen (secondary N) is 2. The van der Waals surface area contributed by atoms with Gasteiger partial charge in [0.25, 0.3) is 5.91 Å². The van der Waals surface area contributed by atoms with E-state index in [0.717, 1.165) is 11.1 Å². The lowest BCUT2D eigenvalue weighted by Gasteiger charge is -2.17. The summed E-state index contributed by atoms with van der Waals surface area (Å²) >= 11 is 5.88. The topological polar surface area (TPSA) is 58.2 Å². The van der Waals surface area contributed by atoms with E-state index in [4.69, 9.17) is 11.6 Å². The number of benzene rings is 2. The fourth-order valence-electron chi connectivity index (χ4n) is 2.30. The minimum atomic E-state index is -0.211. The third kappa shape index (κ3) is 3.06. The second-order valence-electron chi connectivity index (χ2n) is 4.90. The molecule has 0 saturated heterocycles. The van der Waals surface area contributed by atoms with Crippen molar-refractivity contribution in [3.8, 4) is 0 Å². The number of carbonyl (C=O) groups excluding carboxylic acids is 2. The lowest BCUT2D eigenvalue weighted by Crippen LogP contribution is -2.30. The largest absolute Gasteiger partial charge is 0.352 e. The van der Waals surface area contributed by atoms with Gasteiger partial charge in [-0.2, -0.15) is 0 Å². The first kappa shape index (κ1) is 13.6. The van der Waals surface area contributed by atoms with Crippen LogP contribution in [0.4, 0.5) is 5.69 Å². The van der Waals surface area contributed by atoms with Crippen molar-refractivity contribution in [3.63, 3.8) is 0 Å². The molecule has 0 radical (unpaired) electrons. The van der Waals surface area contributed by atoms with Crippen LogP contribution in [0, 0.1) is 0 Å². The van der Waals surface area contributed by atoms with E-state index in [1.54, 1.807) is 30.3 Å². The summed E-state index contributed by atoms with van der Waals surface area (Å²) in [5.74, 6) is -0.185. The van der Waals surface area contributed by atoms with E-state index in [-0.39, 0.29) is 11.8 Å². The summed E-state index contributed by atoms with van der Waals surface area (Å²) in [4.78, 5) is 23.5. The lowest BCUT2D eigenvalue weighted by atomic mass is 10.00. The van der Waals surface area contributed by atoms with Crippen LogP contribution in [0.2, 0.25) is 5.02 Å². The van der Waals surface area contributed by atoms with Crippen LogP contribution in [0.3, 0.4) is 0 Å². The molecule has 2 N–H and O–H groups in total. The van der Waals surface area contributed by atoms with Crippen molar-refractivity contribution in [2.45, 2.75) is 13.0 Å². The first-order chi connectivity index (χ1) is 10.1. The van der Waals surface area contributed by atoms with Gasteiger partial charge in [0, 0.05) is 22.8 Å². The number of amides is 2. The first-order valence-electron chi connectivity index (χ1n) is 6.57. The summed E-state index contributed by atoms with van der Waals surface area (Å²) in [5, 5.41) is 6.15. The van der Waals surface area contributed by atoms with E-state index in [1.807, 2.05) is 12.1 Å². The standard InChI is InChI=1S/C16H13ClN2O2/c17-13-3-1-2-11(6-13)16(21)19-14-5-4-10-8-15(20)18-9-12(10)7-14/h1-7H,8-9H2,(H,18,20)(H,19,21). The molecule has 4 nitrogen and oxygen atoms in total. The SMILES string of the molecule is O=C1Cc2ccc(NC(=O)c3cccc(Cl)c3)cc2CN1. The number of rotatable bonds is 2. The van der Waals surface area contributed by atoms with Crippen LogP contribution in [-0.2, 0) is 17.8 Å². The molecule has 0 unspecified atom stereocenters. The fourth-order valence-corrected chi connectivity index (χ4v) is 2.49. The molecule has 106 valence electrons. The molecule has 0 atom stereocenters. The van der Waals surface area contributed by atoms with Gasteiger partial charge in [0.15, 0.2) is 0 Å². The van der Waals surface area contributed by atoms with Gasteiger partial charge in [0.05, 0.1) is 6.42 Å². The number of anilines is 1. The van der Waals surface area contributed by atoms with Crippen molar-refractivity contribution in [1.29, 1.82) is 0 Å². The molecule has 0 fully saturated rings. The van der Waals surface area contributed by atoms with Gasteiger partial charge in [-0.3, -0.25) is 9.59 Å². The highest BCUT2D eigenvalue weighted by Gasteiger charge is 2.15. The van der Waals surface area contributed by atoms with Gasteiger partial charge in [-0.1, -0.05) is 23.7 Å². The van der Waals surface area contributed by atoms with E-state index in [9.17, 15) is 9.59 Å². The summed E-state index contributed by atoms with van der Waals surface area (Å²) in [7, 11) is 0. The summed E-state index contributed by atoms with van der Waals surface area (Å²) in [6.45, 7) is 0.495. The van der Waals surface area contributed by atoms with Crippen molar-refractivity contribution in [3.05, 3.63) is 64.2 Å². The van der Waals surface area contributed by atoms with E-state index >= 15 is 0 Å². The zero-order valence-electron chi connectivity index (χ0n) is 11.2. The molecule has 2 aromatic rings. The zero-order chi connectivity index (χ0) is 14.8. The Hall–Kier alpha value is -2.33. The lowest BCUT2D eigenvalue weighted by molar-refractivity contribution is -0.121.